The highest BCUT2D eigenvalue weighted by Crippen LogP contribution is 1.90. The summed E-state index contributed by atoms with van der Waals surface area (Å²) >= 11 is 0. The summed E-state index contributed by atoms with van der Waals surface area (Å²) in [5, 5.41) is 2.26. The van der Waals surface area contributed by atoms with Gasteiger partial charge in [-0.2, -0.15) is 0 Å². The lowest BCUT2D eigenvalue weighted by atomic mass is 10.3. The monoisotopic (exact) mass is 137 g/mol. The quantitative estimate of drug-likeness (QED) is 0.632. The molecule has 0 unspecified atom stereocenters. The molecule has 0 atom stereocenters. The van der Waals surface area contributed by atoms with E-state index in [9.17, 15) is 0 Å². The molecule has 0 radical (unpaired) electrons. The Labute approximate surface area is 61.3 Å². The minimum atomic E-state index is 1.07. The van der Waals surface area contributed by atoms with E-state index in [-0.39, 0.29) is 0 Å². The molecule has 0 spiro atoms. The first-order valence-electron chi connectivity index (χ1n) is 3.64. The van der Waals surface area contributed by atoms with Crippen LogP contribution in [-0.2, 0) is 6.54 Å². The van der Waals surface area contributed by atoms with E-state index in [2.05, 4.69) is 17.2 Å². The van der Waals surface area contributed by atoms with Crippen molar-refractivity contribution in [3.05, 3.63) is 30.1 Å². The highest BCUT2D eigenvalue weighted by atomic mass is 14.8. The molecule has 1 aromatic rings. The van der Waals surface area contributed by atoms with Crippen LogP contribution in [0.3, 0.4) is 0 Å². The minimum absolute atomic E-state index is 1.07. The van der Waals surface area contributed by atoms with Crippen LogP contribution in [0.25, 0.3) is 0 Å². The fraction of sp³-hybridized carbons (Fsp3) is 0.375. The summed E-state index contributed by atoms with van der Waals surface area (Å²) in [5.41, 5.74) is 1.34. The number of hydrogen-bond donors (Lipinski definition) is 1. The van der Waals surface area contributed by atoms with E-state index in [1.165, 1.54) is 5.56 Å². The SMILES string of the molecule is CC[NH2+]Cc1ccncc1. The number of quaternary nitrogens is 1. The number of nitrogens with zero attached hydrogens (tertiary/aromatic N) is 1. The molecule has 0 bridgehead atoms. The van der Waals surface area contributed by atoms with Gasteiger partial charge >= 0.3 is 0 Å². The second kappa shape index (κ2) is 4.01. The Bertz CT molecular complexity index is 172. The molecule has 10 heavy (non-hydrogen) atoms. The first-order chi connectivity index (χ1) is 4.93. The first-order valence-corrected chi connectivity index (χ1v) is 3.64. The molecule has 0 aliphatic rings. The van der Waals surface area contributed by atoms with Crippen molar-refractivity contribution in [2.24, 2.45) is 0 Å². The molecule has 54 valence electrons. The molecule has 0 saturated carbocycles. The summed E-state index contributed by atoms with van der Waals surface area (Å²) in [6.07, 6.45) is 3.66. The highest BCUT2D eigenvalue weighted by Gasteiger charge is 1.89. The molecule has 2 N–H and O–H groups in total. The standard InChI is InChI=1S/C8H12N2/c1-2-9-7-8-3-5-10-6-4-8/h3-6,9H,2,7H2,1H3/p+1. The first kappa shape index (κ1) is 7.22. The van der Waals surface area contributed by atoms with Crippen molar-refractivity contribution in [3.8, 4) is 0 Å². The second-order valence-corrected chi connectivity index (χ2v) is 2.26. The predicted molar refractivity (Wildman–Crippen MR) is 40.4 cm³/mol. The maximum Gasteiger partial charge on any atom is 0.101 e. The highest BCUT2D eigenvalue weighted by molar-refractivity contribution is 5.07. The molecule has 1 aromatic heterocycles. The lowest BCUT2D eigenvalue weighted by Crippen LogP contribution is -2.81. The maximum absolute atomic E-state index is 3.94. The number of hydrogen-bond acceptors (Lipinski definition) is 1. The normalized spacial score (nSPS) is 9.70. The van der Waals surface area contributed by atoms with Gasteiger partial charge in [0.25, 0.3) is 0 Å². The zero-order valence-electron chi connectivity index (χ0n) is 6.25. The molecule has 0 amide bonds. The average molecular weight is 137 g/mol. The van der Waals surface area contributed by atoms with Gasteiger partial charge in [-0.05, 0) is 19.1 Å². The van der Waals surface area contributed by atoms with Crippen LogP contribution >= 0.6 is 0 Å². The van der Waals surface area contributed by atoms with Gasteiger partial charge in [-0.1, -0.05) is 0 Å². The molecule has 2 nitrogen and oxygen atoms in total. The maximum atomic E-state index is 3.94. The fourth-order valence-electron chi connectivity index (χ4n) is 0.830. The summed E-state index contributed by atoms with van der Waals surface area (Å²) in [4.78, 5) is 3.94. The van der Waals surface area contributed by atoms with E-state index in [1.54, 1.807) is 0 Å². The van der Waals surface area contributed by atoms with Crippen LogP contribution in [0.2, 0.25) is 0 Å². The van der Waals surface area contributed by atoms with E-state index in [0.29, 0.717) is 0 Å². The van der Waals surface area contributed by atoms with E-state index in [1.807, 2.05) is 24.5 Å². The zero-order chi connectivity index (χ0) is 7.23. The minimum Gasteiger partial charge on any atom is -0.343 e. The molecule has 0 aromatic carbocycles. The van der Waals surface area contributed by atoms with Gasteiger partial charge in [-0.25, -0.2) is 0 Å². The van der Waals surface area contributed by atoms with Crippen molar-refractivity contribution in [3.63, 3.8) is 0 Å². The van der Waals surface area contributed by atoms with Crippen molar-refractivity contribution >= 4 is 0 Å². The Morgan fingerprint density at radius 2 is 2.10 bits per heavy atom. The van der Waals surface area contributed by atoms with E-state index >= 15 is 0 Å². The number of nitrogens with two attached hydrogens (primary N) is 1. The molecule has 1 heterocycles. The number of rotatable bonds is 3. The van der Waals surface area contributed by atoms with Gasteiger partial charge in [-0.3, -0.25) is 4.98 Å². The van der Waals surface area contributed by atoms with Gasteiger partial charge in [0, 0.05) is 18.0 Å². The predicted octanol–water partition coefficient (Wildman–Crippen LogP) is 0.165. The van der Waals surface area contributed by atoms with E-state index in [4.69, 9.17) is 0 Å². The van der Waals surface area contributed by atoms with Crippen LogP contribution in [0.1, 0.15) is 12.5 Å². The Hall–Kier alpha value is -0.890. The van der Waals surface area contributed by atoms with Crippen LogP contribution in [-0.4, -0.2) is 11.5 Å². The van der Waals surface area contributed by atoms with Gasteiger partial charge in [0.1, 0.15) is 6.54 Å². The number of aromatic nitrogens is 1. The largest absolute Gasteiger partial charge is 0.343 e. The van der Waals surface area contributed by atoms with E-state index in [0.717, 1.165) is 13.1 Å². The van der Waals surface area contributed by atoms with E-state index < -0.39 is 0 Å². The topological polar surface area (TPSA) is 29.5 Å². The van der Waals surface area contributed by atoms with Crippen molar-refractivity contribution < 1.29 is 5.32 Å². The van der Waals surface area contributed by atoms with Crippen molar-refractivity contribution in [2.45, 2.75) is 13.5 Å². The lowest BCUT2D eigenvalue weighted by molar-refractivity contribution is -0.667. The van der Waals surface area contributed by atoms with Gasteiger partial charge in [0.15, 0.2) is 0 Å². The summed E-state index contributed by atoms with van der Waals surface area (Å²) in [7, 11) is 0. The molecular weight excluding hydrogens is 124 g/mol. The van der Waals surface area contributed by atoms with Crippen LogP contribution in [0.4, 0.5) is 0 Å². The third-order valence-electron chi connectivity index (χ3n) is 1.42. The Balaban J connectivity index is 2.43. The summed E-state index contributed by atoms with van der Waals surface area (Å²) in [5.74, 6) is 0. The molecule has 0 saturated heterocycles. The zero-order valence-corrected chi connectivity index (χ0v) is 6.25. The van der Waals surface area contributed by atoms with Crippen LogP contribution < -0.4 is 5.32 Å². The van der Waals surface area contributed by atoms with Gasteiger partial charge < -0.3 is 5.32 Å². The number of pyridine rings is 1. The molecule has 0 aliphatic heterocycles. The summed E-state index contributed by atoms with van der Waals surface area (Å²) < 4.78 is 0. The van der Waals surface area contributed by atoms with Gasteiger partial charge in [-0.15, -0.1) is 0 Å². The third-order valence-corrected chi connectivity index (χ3v) is 1.42. The average Bonchev–Trinajstić information content (AvgIpc) is 2.03. The van der Waals surface area contributed by atoms with Crippen LogP contribution in [0.15, 0.2) is 24.5 Å². The molecule has 1 rings (SSSR count). The van der Waals surface area contributed by atoms with Crippen LogP contribution in [0.5, 0.6) is 0 Å². The Morgan fingerprint density at radius 3 is 2.70 bits per heavy atom. The second-order valence-electron chi connectivity index (χ2n) is 2.26. The lowest BCUT2D eigenvalue weighted by Gasteiger charge is -1.96. The smallest absolute Gasteiger partial charge is 0.101 e. The van der Waals surface area contributed by atoms with Crippen molar-refractivity contribution in [1.82, 2.24) is 4.98 Å². The molecule has 2 heteroatoms. The van der Waals surface area contributed by atoms with Crippen LogP contribution in [0, 0.1) is 0 Å². The Morgan fingerprint density at radius 1 is 1.40 bits per heavy atom. The third kappa shape index (κ3) is 2.15. The van der Waals surface area contributed by atoms with Gasteiger partial charge in [0.05, 0.1) is 6.54 Å². The molecule has 0 fully saturated rings. The van der Waals surface area contributed by atoms with Gasteiger partial charge in [0.2, 0.25) is 0 Å². The molecule has 0 aliphatic carbocycles. The van der Waals surface area contributed by atoms with Crippen molar-refractivity contribution in [1.29, 1.82) is 0 Å². The van der Waals surface area contributed by atoms with Crippen molar-refractivity contribution in [2.75, 3.05) is 6.54 Å². The summed E-state index contributed by atoms with van der Waals surface area (Å²) in [6, 6.07) is 4.10. The fourth-order valence-corrected chi connectivity index (χ4v) is 0.830. The molecular formula is C8H13N2+. The Kier molecular flexibility index (Phi) is 2.90. The summed E-state index contributed by atoms with van der Waals surface area (Å²) in [6.45, 7) is 4.36.